The van der Waals surface area contributed by atoms with E-state index in [1.807, 2.05) is 18.5 Å². The molecule has 1 rings (SSSR count). The number of likely N-dealkylation sites (N-methyl/N-ethyl adjacent to an activating group) is 1. The van der Waals surface area contributed by atoms with Crippen LogP contribution in [-0.4, -0.2) is 35.6 Å². The average Bonchev–Trinajstić information content (AvgIpc) is 2.17. The van der Waals surface area contributed by atoms with Crippen molar-refractivity contribution in [3.63, 3.8) is 0 Å². The first-order valence-corrected chi connectivity index (χ1v) is 5.80. The molecule has 0 aliphatic rings. The molecule has 0 aliphatic carbocycles. The van der Waals surface area contributed by atoms with E-state index in [0.717, 1.165) is 19.6 Å². The Hall–Kier alpha value is -0.930. The first-order chi connectivity index (χ1) is 7.47. The lowest BCUT2D eigenvalue weighted by atomic mass is 10.1. The molecule has 90 valence electrons. The summed E-state index contributed by atoms with van der Waals surface area (Å²) in [4.78, 5) is 6.42. The molecule has 0 bridgehead atoms. The minimum Gasteiger partial charge on any atom is -0.311 e. The summed E-state index contributed by atoms with van der Waals surface area (Å²) in [5.41, 5.74) is 1.47. The van der Waals surface area contributed by atoms with Crippen molar-refractivity contribution >= 4 is 0 Å². The smallest absolute Gasteiger partial charge is 0.0312 e. The molecule has 1 N–H and O–H groups in total. The number of rotatable bonds is 5. The number of hydrogen-bond acceptors (Lipinski definition) is 3. The number of pyridine rings is 1. The Morgan fingerprint density at radius 3 is 2.69 bits per heavy atom. The van der Waals surface area contributed by atoms with Gasteiger partial charge in [-0.25, -0.2) is 0 Å². The summed E-state index contributed by atoms with van der Waals surface area (Å²) in [6, 6.07) is 4.09. The lowest BCUT2D eigenvalue weighted by molar-refractivity contribution is 0.303. The highest BCUT2D eigenvalue weighted by Crippen LogP contribution is 2.01. The molecule has 0 aliphatic heterocycles. The van der Waals surface area contributed by atoms with E-state index in [1.165, 1.54) is 5.56 Å². The maximum Gasteiger partial charge on any atom is 0.0312 e. The fourth-order valence-electron chi connectivity index (χ4n) is 1.50. The minimum atomic E-state index is 0.204. The second-order valence-electron chi connectivity index (χ2n) is 5.28. The standard InChI is InChI=1S/C13H23N3/c1-13(2,3)15-8-9-16(4)11-12-6-5-7-14-10-12/h5-7,10,15H,8-9,11H2,1-4H3. The maximum absolute atomic E-state index is 4.11. The Balaban J connectivity index is 2.24. The largest absolute Gasteiger partial charge is 0.311 e. The fraction of sp³-hybridized carbons (Fsp3) is 0.615. The second kappa shape index (κ2) is 5.97. The van der Waals surface area contributed by atoms with Crippen LogP contribution in [0.25, 0.3) is 0 Å². The highest BCUT2D eigenvalue weighted by molar-refractivity contribution is 5.07. The first-order valence-electron chi connectivity index (χ1n) is 5.80. The Morgan fingerprint density at radius 1 is 1.38 bits per heavy atom. The molecule has 0 radical (unpaired) electrons. The molecule has 0 fully saturated rings. The van der Waals surface area contributed by atoms with Crippen molar-refractivity contribution in [2.45, 2.75) is 32.9 Å². The Bertz CT molecular complexity index is 290. The summed E-state index contributed by atoms with van der Waals surface area (Å²) in [6.07, 6.45) is 3.73. The zero-order chi connectivity index (χ0) is 12.0. The van der Waals surface area contributed by atoms with E-state index in [1.54, 1.807) is 0 Å². The van der Waals surface area contributed by atoms with Gasteiger partial charge in [0, 0.05) is 37.6 Å². The van der Waals surface area contributed by atoms with Gasteiger partial charge in [0.05, 0.1) is 0 Å². The number of aromatic nitrogens is 1. The molecule has 0 amide bonds. The van der Waals surface area contributed by atoms with E-state index in [-0.39, 0.29) is 5.54 Å². The molecule has 1 heterocycles. The third-order valence-electron chi connectivity index (χ3n) is 2.32. The maximum atomic E-state index is 4.11. The summed E-state index contributed by atoms with van der Waals surface area (Å²) < 4.78 is 0. The molecule has 1 aromatic rings. The van der Waals surface area contributed by atoms with Crippen LogP contribution in [0.2, 0.25) is 0 Å². The summed E-state index contributed by atoms with van der Waals surface area (Å²) >= 11 is 0. The molecule has 1 aromatic heterocycles. The van der Waals surface area contributed by atoms with Gasteiger partial charge < -0.3 is 10.2 Å². The van der Waals surface area contributed by atoms with Gasteiger partial charge in [0.1, 0.15) is 0 Å². The monoisotopic (exact) mass is 221 g/mol. The van der Waals surface area contributed by atoms with Gasteiger partial charge in [-0.2, -0.15) is 0 Å². The molecule has 0 saturated heterocycles. The Labute approximate surface area is 98.9 Å². The molecular formula is C13H23N3. The van der Waals surface area contributed by atoms with Crippen LogP contribution < -0.4 is 5.32 Å². The van der Waals surface area contributed by atoms with Gasteiger partial charge in [0.2, 0.25) is 0 Å². The molecule has 0 aromatic carbocycles. The normalized spacial score (nSPS) is 12.1. The van der Waals surface area contributed by atoms with Crippen LogP contribution in [0.15, 0.2) is 24.5 Å². The van der Waals surface area contributed by atoms with Crippen molar-refractivity contribution in [1.82, 2.24) is 15.2 Å². The minimum absolute atomic E-state index is 0.204. The lowest BCUT2D eigenvalue weighted by Gasteiger charge is -2.23. The second-order valence-corrected chi connectivity index (χ2v) is 5.28. The van der Waals surface area contributed by atoms with Gasteiger partial charge in [0.15, 0.2) is 0 Å². The van der Waals surface area contributed by atoms with Crippen LogP contribution in [0.5, 0.6) is 0 Å². The van der Waals surface area contributed by atoms with Gasteiger partial charge in [-0.3, -0.25) is 4.98 Å². The van der Waals surface area contributed by atoms with E-state index in [9.17, 15) is 0 Å². The highest BCUT2D eigenvalue weighted by atomic mass is 15.1. The number of hydrogen-bond donors (Lipinski definition) is 1. The summed E-state index contributed by atoms with van der Waals surface area (Å²) in [5.74, 6) is 0. The summed E-state index contributed by atoms with van der Waals surface area (Å²) in [5, 5.41) is 3.48. The number of nitrogens with zero attached hydrogens (tertiary/aromatic N) is 2. The summed E-state index contributed by atoms with van der Waals surface area (Å²) in [6.45, 7) is 9.59. The van der Waals surface area contributed by atoms with Gasteiger partial charge in [-0.15, -0.1) is 0 Å². The van der Waals surface area contributed by atoms with Gasteiger partial charge >= 0.3 is 0 Å². The molecule has 3 nitrogen and oxygen atoms in total. The third kappa shape index (κ3) is 5.83. The zero-order valence-corrected chi connectivity index (χ0v) is 10.8. The Kier molecular flexibility index (Phi) is 4.90. The fourth-order valence-corrected chi connectivity index (χ4v) is 1.50. The van der Waals surface area contributed by atoms with Crippen LogP contribution >= 0.6 is 0 Å². The van der Waals surface area contributed by atoms with Crippen LogP contribution in [0.1, 0.15) is 26.3 Å². The van der Waals surface area contributed by atoms with Gasteiger partial charge in [0.25, 0.3) is 0 Å². The molecule has 0 atom stereocenters. The molecule has 3 heteroatoms. The lowest BCUT2D eigenvalue weighted by Crippen LogP contribution is -2.40. The van der Waals surface area contributed by atoms with E-state index >= 15 is 0 Å². The third-order valence-corrected chi connectivity index (χ3v) is 2.32. The molecular weight excluding hydrogens is 198 g/mol. The van der Waals surface area contributed by atoms with E-state index in [4.69, 9.17) is 0 Å². The number of nitrogens with one attached hydrogen (secondary N) is 1. The molecule has 0 unspecified atom stereocenters. The van der Waals surface area contributed by atoms with E-state index in [0.29, 0.717) is 0 Å². The van der Waals surface area contributed by atoms with E-state index < -0.39 is 0 Å². The van der Waals surface area contributed by atoms with Gasteiger partial charge in [-0.05, 0) is 39.4 Å². The quantitative estimate of drug-likeness (QED) is 0.823. The molecule has 0 saturated carbocycles. The predicted octanol–water partition coefficient (Wildman–Crippen LogP) is 1.90. The van der Waals surface area contributed by atoms with Crippen LogP contribution in [0.3, 0.4) is 0 Å². The van der Waals surface area contributed by atoms with Crippen molar-refractivity contribution in [2.75, 3.05) is 20.1 Å². The van der Waals surface area contributed by atoms with Crippen molar-refractivity contribution in [2.24, 2.45) is 0 Å². The van der Waals surface area contributed by atoms with E-state index in [2.05, 4.69) is 49.1 Å². The van der Waals surface area contributed by atoms with Crippen molar-refractivity contribution in [1.29, 1.82) is 0 Å². The van der Waals surface area contributed by atoms with Crippen molar-refractivity contribution in [3.8, 4) is 0 Å². The van der Waals surface area contributed by atoms with Crippen LogP contribution in [0, 0.1) is 0 Å². The average molecular weight is 221 g/mol. The van der Waals surface area contributed by atoms with Gasteiger partial charge in [-0.1, -0.05) is 6.07 Å². The Morgan fingerprint density at radius 2 is 2.12 bits per heavy atom. The van der Waals surface area contributed by atoms with Crippen molar-refractivity contribution in [3.05, 3.63) is 30.1 Å². The SMILES string of the molecule is CN(CCNC(C)(C)C)Cc1cccnc1. The van der Waals surface area contributed by atoms with Crippen molar-refractivity contribution < 1.29 is 0 Å². The van der Waals surface area contributed by atoms with Crippen LogP contribution in [0.4, 0.5) is 0 Å². The van der Waals surface area contributed by atoms with Crippen LogP contribution in [-0.2, 0) is 6.54 Å². The predicted molar refractivity (Wildman–Crippen MR) is 68.3 cm³/mol. The first kappa shape index (κ1) is 13.1. The topological polar surface area (TPSA) is 28.2 Å². The highest BCUT2D eigenvalue weighted by Gasteiger charge is 2.08. The molecule has 16 heavy (non-hydrogen) atoms. The molecule has 0 spiro atoms. The summed E-state index contributed by atoms with van der Waals surface area (Å²) in [7, 11) is 2.14. The zero-order valence-electron chi connectivity index (χ0n) is 10.8.